The maximum atomic E-state index is 12.5. The Balaban J connectivity index is 1.46. The first-order valence-corrected chi connectivity index (χ1v) is 8.30. The van der Waals surface area contributed by atoms with Crippen molar-refractivity contribution in [1.29, 1.82) is 0 Å². The van der Waals surface area contributed by atoms with Gasteiger partial charge in [-0.15, -0.1) is 0 Å². The summed E-state index contributed by atoms with van der Waals surface area (Å²) in [5.74, 6) is 0.559. The van der Waals surface area contributed by atoms with E-state index in [1.165, 1.54) is 6.26 Å². The van der Waals surface area contributed by atoms with Crippen LogP contribution in [0.3, 0.4) is 0 Å². The number of rotatable bonds is 5. The van der Waals surface area contributed by atoms with E-state index in [0.29, 0.717) is 19.6 Å². The molecule has 8 heteroatoms. The zero-order valence-electron chi connectivity index (χ0n) is 14.4. The van der Waals surface area contributed by atoms with E-state index < -0.39 is 6.04 Å². The van der Waals surface area contributed by atoms with Gasteiger partial charge in [0.15, 0.2) is 11.5 Å². The molecule has 134 valence electrons. The quantitative estimate of drug-likeness (QED) is 0.870. The van der Waals surface area contributed by atoms with Crippen LogP contribution in [-0.2, 0) is 11.3 Å². The van der Waals surface area contributed by atoms with Gasteiger partial charge in [0.2, 0.25) is 5.91 Å². The van der Waals surface area contributed by atoms with Gasteiger partial charge in [0.25, 0.3) is 5.91 Å². The van der Waals surface area contributed by atoms with Gasteiger partial charge in [-0.25, -0.2) is 0 Å². The van der Waals surface area contributed by atoms with Gasteiger partial charge in [-0.1, -0.05) is 5.16 Å². The Hall–Kier alpha value is -2.61. The predicted octanol–water partition coefficient (Wildman–Crippen LogP) is 1.04. The first-order chi connectivity index (χ1) is 12.0. The zero-order valence-corrected chi connectivity index (χ0v) is 14.4. The normalized spacial score (nSPS) is 16.6. The van der Waals surface area contributed by atoms with E-state index >= 15 is 0 Å². The fourth-order valence-corrected chi connectivity index (χ4v) is 2.85. The Morgan fingerprint density at radius 3 is 2.68 bits per heavy atom. The van der Waals surface area contributed by atoms with Crippen LogP contribution >= 0.6 is 0 Å². The summed E-state index contributed by atoms with van der Waals surface area (Å²) < 4.78 is 10.3. The molecule has 1 aliphatic heterocycles. The fourth-order valence-electron chi connectivity index (χ4n) is 2.85. The van der Waals surface area contributed by atoms with Gasteiger partial charge in [0, 0.05) is 32.2 Å². The van der Waals surface area contributed by atoms with Gasteiger partial charge in [-0.05, 0) is 26.0 Å². The van der Waals surface area contributed by atoms with E-state index in [1.807, 2.05) is 13.0 Å². The molecular formula is C17H22N4O4. The topological polar surface area (TPSA) is 91.8 Å². The van der Waals surface area contributed by atoms with Crippen molar-refractivity contribution in [3.63, 3.8) is 0 Å². The molecule has 1 saturated heterocycles. The van der Waals surface area contributed by atoms with Crippen molar-refractivity contribution < 1.29 is 18.5 Å². The smallest absolute Gasteiger partial charge is 0.287 e. The van der Waals surface area contributed by atoms with Crippen molar-refractivity contribution in [2.24, 2.45) is 0 Å². The van der Waals surface area contributed by atoms with Crippen LogP contribution in [0.15, 0.2) is 33.4 Å². The molecule has 0 radical (unpaired) electrons. The molecule has 1 atom stereocenters. The fraction of sp³-hybridized carbons (Fsp3) is 0.471. The van der Waals surface area contributed by atoms with Crippen LogP contribution in [0.5, 0.6) is 0 Å². The van der Waals surface area contributed by atoms with E-state index in [-0.39, 0.29) is 17.6 Å². The molecule has 1 unspecified atom stereocenters. The molecule has 0 spiro atoms. The number of hydrogen-bond acceptors (Lipinski definition) is 6. The lowest BCUT2D eigenvalue weighted by atomic mass is 10.2. The Bertz CT molecular complexity index is 717. The Labute approximate surface area is 145 Å². The van der Waals surface area contributed by atoms with Gasteiger partial charge in [-0.3, -0.25) is 14.5 Å². The van der Waals surface area contributed by atoms with Crippen LogP contribution in [0, 0.1) is 6.92 Å². The minimum Gasteiger partial charge on any atom is -0.459 e. The second-order valence-electron chi connectivity index (χ2n) is 6.21. The lowest BCUT2D eigenvalue weighted by molar-refractivity contribution is -0.134. The molecule has 3 heterocycles. The number of carbonyl (C=O) groups excluding carboxylic acids is 2. The van der Waals surface area contributed by atoms with Crippen molar-refractivity contribution in [2.75, 3.05) is 26.2 Å². The first kappa shape index (κ1) is 17.2. The number of nitrogens with zero attached hydrogens (tertiary/aromatic N) is 3. The number of piperazine rings is 1. The number of amides is 2. The lowest BCUT2D eigenvalue weighted by Gasteiger charge is -2.35. The van der Waals surface area contributed by atoms with E-state index in [9.17, 15) is 9.59 Å². The summed E-state index contributed by atoms with van der Waals surface area (Å²) in [5.41, 5.74) is 0.866. The van der Waals surface area contributed by atoms with Gasteiger partial charge < -0.3 is 19.2 Å². The second-order valence-corrected chi connectivity index (χ2v) is 6.21. The van der Waals surface area contributed by atoms with E-state index in [1.54, 1.807) is 24.0 Å². The Morgan fingerprint density at radius 2 is 2.08 bits per heavy atom. The van der Waals surface area contributed by atoms with Gasteiger partial charge in [0.1, 0.15) is 6.04 Å². The molecular weight excluding hydrogens is 324 g/mol. The molecule has 2 aromatic heterocycles. The van der Waals surface area contributed by atoms with Crippen LogP contribution in [0.1, 0.15) is 28.9 Å². The largest absolute Gasteiger partial charge is 0.459 e. The van der Waals surface area contributed by atoms with Gasteiger partial charge in [0.05, 0.1) is 18.5 Å². The third-order valence-electron chi connectivity index (χ3n) is 4.20. The summed E-state index contributed by atoms with van der Waals surface area (Å²) in [7, 11) is 0. The summed E-state index contributed by atoms with van der Waals surface area (Å²) in [6, 6.07) is 4.53. The highest BCUT2D eigenvalue weighted by Gasteiger charge is 2.26. The molecule has 1 aliphatic rings. The van der Waals surface area contributed by atoms with Crippen molar-refractivity contribution in [1.82, 2.24) is 20.3 Å². The average molecular weight is 346 g/mol. The molecule has 0 saturated carbocycles. The predicted molar refractivity (Wildman–Crippen MR) is 88.7 cm³/mol. The van der Waals surface area contributed by atoms with E-state index in [4.69, 9.17) is 8.94 Å². The summed E-state index contributed by atoms with van der Waals surface area (Å²) in [6.45, 7) is 7.01. The van der Waals surface area contributed by atoms with Crippen LogP contribution in [-0.4, -0.2) is 59.0 Å². The average Bonchev–Trinajstić information content (AvgIpc) is 3.27. The number of hydrogen-bond donors (Lipinski definition) is 1. The Kier molecular flexibility index (Phi) is 5.18. The third-order valence-corrected chi connectivity index (χ3v) is 4.20. The monoisotopic (exact) mass is 346 g/mol. The van der Waals surface area contributed by atoms with Gasteiger partial charge >= 0.3 is 0 Å². The summed E-state index contributed by atoms with van der Waals surface area (Å²) in [4.78, 5) is 28.5. The van der Waals surface area contributed by atoms with Crippen LogP contribution in [0.4, 0.5) is 0 Å². The molecule has 2 amide bonds. The summed E-state index contributed by atoms with van der Waals surface area (Å²) >= 11 is 0. The minimum atomic E-state index is -0.596. The van der Waals surface area contributed by atoms with E-state index in [2.05, 4.69) is 15.4 Å². The van der Waals surface area contributed by atoms with Crippen LogP contribution < -0.4 is 5.32 Å². The molecule has 3 rings (SSSR count). The molecule has 0 aliphatic carbocycles. The SMILES string of the molecule is Cc1cc(CN2CCN(C(=O)C(C)NC(=O)c3ccco3)CC2)on1. The number of aromatic nitrogens is 1. The number of nitrogens with one attached hydrogen (secondary N) is 1. The second kappa shape index (κ2) is 7.52. The van der Waals surface area contributed by atoms with Gasteiger partial charge in [-0.2, -0.15) is 0 Å². The third kappa shape index (κ3) is 4.27. The van der Waals surface area contributed by atoms with Crippen LogP contribution in [0.2, 0.25) is 0 Å². The maximum absolute atomic E-state index is 12.5. The zero-order chi connectivity index (χ0) is 17.8. The highest BCUT2D eigenvalue weighted by molar-refractivity contribution is 5.95. The highest BCUT2D eigenvalue weighted by Crippen LogP contribution is 2.11. The maximum Gasteiger partial charge on any atom is 0.287 e. The molecule has 8 nitrogen and oxygen atoms in total. The summed E-state index contributed by atoms with van der Waals surface area (Å²) in [5, 5.41) is 6.56. The molecule has 25 heavy (non-hydrogen) atoms. The van der Waals surface area contributed by atoms with Crippen molar-refractivity contribution in [2.45, 2.75) is 26.4 Å². The first-order valence-electron chi connectivity index (χ1n) is 8.30. The molecule has 1 N–H and O–H groups in total. The molecule has 1 fully saturated rings. The lowest BCUT2D eigenvalue weighted by Crippen LogP contribution is -2.53. The number of carbonyl (C=O) groups is 2. The molecule has 2 aromatic rings. The summed E-state index contributed by atoms with van der Waals surface area (Å²) in [6.07, 6.45) is 1.43. The van der Waals surface area contributed by atoms with Crippen molar-refractivity contribution in [3.8, 4) is 0 Å². The number of furan rings is 1. The number of aryl methyl sites for hydroxylation is 1. The standard InChI is InChI=1S/C17H22N4O4/c1-12-10-14(25-19-12)11-20-5-7-21(8-6-20)17(23)13(2)18-16(22)15-4-3-9-24-15/h3-4,9-10,13H,5-8,11H2,1-2H3,(H,18,22). The molecule has 0 bridgehead atoms. The Morgan fingerprint density at radius 1 is 1.32 bits per heavy atom. The minimum absolute atomic E-state index is 0.0879. The van der Waals surface area contributed by atoms with Crippen molar-refractivity contribution >= 4 is 11.8 Å². The molecule has 0 aromatic carbocycles. The van der Waals surface area contributed by atoms with E-state index in [0.717, 1.165) is 24.5 Å². The highest BCUT2D eigenvalue weighted by atomic mass is 16.5. The van der Waals surface area contributed by atoms with Crippen LogP contribution in [0.25, 0.3) is 0 Å². The van der Waals surface area contributed by atoms with Crippen molar-refractivity contribution in [3.05, 3.63) is 41.7 Å².